The monoisotopic (exact) mass is 488 g/mol. The molecule has 10 nitrogen and oxygen atoms in total. The maximum atomic E-state index is 13.0. The summed E-state index contributed by atoms with van der Waals surface area (Å²) in [5, 5.41) is 11.1. The minimum absolute atomic E-state index is 0.160. The van der Waals surface area contributed by atoms with Crippen molar-refractivity contribution in [2.45, 2.75) is 23.8 Å². The maximum absolute atomic E-state index is 13.0. The molecule has 0 radical (unpaired) electrons. The Balaban J connectivity index is 1.39. The molecule has 0 bridgehead atoms. The predicted octanol–water partition coefficient (Wildman–Crippen LogP) is 0.435. The lowest BCUT2D eigenvalue weighted by atomic mass is 10.0. The fourth-order valence-corrected chi connectivity index (χ4v) is 5.90. The number of piperazine rings is 1. The fraction of sp³-hybridized carbons (Fsp3) is 0.522. The van der Waals surface area contributed by atoms with Gasteiger partial charge in [0, 0.05) is 63.6 Å². The van der Waals surface area contributed by atoms with Crippen molar-refractivity contribution in [1.29, 1.82) is 0 Å². The van der Waals surface area contributed by atoms with E-state index in [1.165, 1.54) is 39.8 Å². The molecule has 184 valence electrons. The zero-order chi connectivity index (χ0) is 24.5. The number of sulfonamides is 1. The highest BCUT2D eigenvalue weighted by Crippen LogP contribution is 2.27. The average Bonchev–Trinajstić information content (AvgIpc) is 3.20. The summed E-state index contributed by atoms with van der Waals surface area (Å²) < 4.78 is 27.3. The van der Waals surface area contributed by atoms with Crippen LogP contribution < -0.4 is 4.90 Å². The number of rotatable bonds is 6. The number of aromatic nitrogens is 2. The number of likely N-dealkylation sites (N-methyl/N-ethyl adjacent to an activating group) is 2. The van der Waals surface area contributed by atoms with Crippen LogP contribution in [0.25, 0.3) is 0 Å². The molecule has 1 atom stereocenters. The molecule has 3 heterocycles. The first kappa shape index (κ1) is 24.5. The van der Waals surface area contributed by atoms with Gasteiger partial charge in [-0.1, -0.05) is 0 Å². The summed E-state index contributed by atoms with van der Waals surface area (Å²) in [6.45, 7) is 5.33. The van der Waals surface area contributed by atoms with Crippen molar-refractivity contribution < 1.29 is 18.3 Å². The Morgan fingerprint density at radius 1 is 1.12 bits per heavy atom. The third kappa shape index (κ3) is 5.22. The molecule has 1 unspecified atom stereocenters. The van der Waals surface area contributed by atoms with Crippen LogP contribution in [0.2, 0.25) is 0 Å². The van der Waals surface area contributed by atoms with Gasteiger partial charge in [-0.3, -0.25) is 4.79 Å². The third-order valence-corrected chi connectivity index (χ3v) is 8.44. The summed E-state index contributed by atoms with van der Waals surface area (Å²) in [5.41, 5.74) is 0.170. The number of aryl methyl sites for hydroxylation is 1. The average molecular weight is 489 g/mol. The number of anilines is 1. The normalized spacial score (nSPS) is 22.2. The van der Waals surface area contributed by atoms with Gasteiger partial charge in [-0.05, 0) is 44.7 Å². The summed E-state index contributed by atoms with van der Waals surface area (Å²) in [7, 11) is 0.0288. The molecule has 4 rings (SSSR count). The molecular weight excluding hydrogens is 456 g/mol. The van der Waals surface area contributed by atoms with Gasteiger partial charge in [0.05, 0.1) is 11.4 Å². The van der Waals surface area contributed by atoms with Gasteiger partial charge in [-0.25, -0.2) is 18.4 Å². The van der Waals surface area contributed by atoms with Crippen molar-refractivity contribution in [3.8, 4) is 0 Å². The Labute approximate surface area is 200 Å². The Morgan fingerprint density at radius 3 is 2.44 bits per heavy atom. The highest BCUT2D eigenvalue weighted by Gasteiger charge is 2.38. The lowest BCUT2D eigenvalue weighted by Crippen LogP contribution is -2.47. The third-order valence-electron chi connectivity index (χ3n) is 6.53. The second kappa shape index (κ2) is 9.57. The first-order chi connectivity index (χ1) is 16.1. The zero-order valence-electron chi connectivity index (χ0n) is 19.9. The highest BCUT2D eigenvalue weighted by molar-refractivity contribution is 7.89. The molecule has 0 spiro atoms. The number of aliphatic hydroxyl groups is 1. The zero-order valence-corrected chi connectivity index (χ0v) is 20.7. The smallest absolute Gasteiger partial charge is 0.253 e. The summed E-state index contributed by atoms with van der Waals surface area (Å²) in [6, 6.07) is 7.92. The Bertz CT molecular complexity index is 1130. The van der Waals surface area contributed by atoms with Crippen LogP contribution in [-0.4, -0.2) is 109 Å². The van der Waals surface area contributed by atoms with Crippen molar-refractivity contribution in [3.63, 3.8) is 0 Å². The number of nitrogens with zero attached hydrogens (tertiary/aromatic N) is 6. The van der Waals surface area contributed by atoms with Crippen LogP contribution in [0.4, 0.5) is 5.82 Å². The predicted molar refractivity (Wildman–Crippen MR) is 128 cm³/mol. The van der Waals surface area contributed by atoms with Crippen LogP contribution in [-0.2, 0) is 10.0 Å². The van der Waals surface area contributed by atoms with E-state index in [1.54, 1.807) is 7.05 Å². The molecule has 1 aromatic carbocycles. The first-order valence-corrected chi connectivity index (χ1v) is 12.8. The van der Waals surface area contributed by atoms with Crippen LogP contribution in [0.5, 0.6) is 0 Å². The Morgan fingerprint density at radius 2 is 1.79 bits per heavy atom. The largest absolute Gasteiger partial charge is 0.386 e. The quantitative estimate of drug-likeness (QED) is 0.624. The topological polar surface area (TPSA) is 110 Å². The van der Waals surface area contributed by atoms with E-state index < -0.39 is 15.6 Å². The van der Waals surface area contributed by atoms with Gasteiger partial charge in [0.1, 0.15) is 17.7 Å². The minimum atomic E-state index is -3.59. The van der Waals surface area contributed by atoms with Crippen LogP contribution in [0.3, 0.4) is 0 Å². The van der Waals surface area contributed by atoms with Gasteiger partial charge in [-0.2, -0.15) is 4.31 Å². The van der Waals surface area contributed by atoms with E-state index in [4.69, 9.17) is 0 Å². The molecule has 11 heteroatoms. The lowest BCUT2D eigenvalue weighted by Gasteiger charge is -2.31. The number of carbonyl (C=O) groups excluding carboxylic acids is 1. The summed E-state index contributed by atoms with van der Waals surface area (Å²) >= 11 is 0. The van der Waals surface area contributed by atoms with Crippen molar-refractivity contribution >= 4 is 21.7 Å². The van der Waals surface area contributed by atoms with Gasteiger partial charge in [0.25, 0.3) is 5.91 Å². The van der Waals surface area contributed by atoms with Crippen LogP contribution in [0, 0.1) is 6.92 Å². The van der Waals surface area contributed by atoms with Gasteiger partial charge < -0.3 is 19.8 Å². The standard InChI is InChI=1S/C23H32N6O4S/c1-18-14-21(25-17-24-18)28-9-8-23(31,16-28)15-27(3)22(30)19-4-6-20(7-5-19)34(32,33)29-12-10-26(2)11-13-29/h4-7,14,17,31H,8-13,15-16H2,1-3H3. The molecule has 1 N–H and O–H groups in total. The molecule has 0 saturated carbocycles. The molecule has 2 aliphatic rings. The van der Waals surface area contributed by atoms with E-state index >= 15 is 0 Å². The van der Waals surface area contributed by atoms with E-state index in [0.29, 0.717) is 51.3 Å². The number of amides is 1. The lowest BCUT2D eigenvalue weighted by molar-refractivity contribution is 0.0264. The van der Waals surface area contributed by atoms with Crippen molar-refractivity contribution in [3.05, 3.63) is 47.9 Å². The van der Waals surface area contributed by atoms with Crippen molar-refractivity contribution in [1.82, 2.24) is 24.1 Å². The number of hydrogen-bond donors (Lipinski definition) is 1. The Hall–Kier alpha value is -2.60. The molecule has 0 aliphatic carbocycles. The molecule has 2 saturated heterocycles. The van der Waals surface area contributed by atoms with Gasteiger partial charge in [0.15, 0.2) is 0 Å². The Kier molecular flexibility index (Phi) is 6.90. The van der Waals surface area contributed by atoms with E-state index in [0.717, 1.165) is 11.5 Å². The number of β-amino-alcohol motifs (C(OH)–C–C–N with tert-alkyl or cyclic N) is 1. The molecular formula is C23H32N6O4S. The minimum Gasteiger partial charge on any atom is -0.386 e. The molecule has 1 aromatic heterocycles. The first-order valence-electron chi connectivity index (χ1n) is 11.4. The van der Waals surface area contributed by atoms with Crippen molar-refractivity contribution in [2.24, 2.45) is 0 Å². The highest BCUT2D eigenvalue weighted by atomic mass is 32.2. The van der Waals surface area contributed by atoms with Crippen LogP contribution >= 0.6 is 0 Å². The SMILES string of the molecule is Cc1cc(N2CCC(O)(CN(C)C(=O)c3ccc(S(=O)(=O)N4CCN(C)CC4)cc3)C2)ncn1. The second-order valence-electron chi connectivity index (χ2n) is 9.31. The fourth-order valence-electron chi connectivity index (χ4n) is 4.48. The van der Waals surface area contributed by atoms with Crippen LogP contribution in [0.15, 0.2) is 41.6 Å². The van der Waals surface area contributed by atoms with E-state index in [1.807, 2.05) is 24.9 Å². The molecule has 34 heavy (non-hydrogen) atoms. The number of hydrogen-bond acceptors (Lipinski definition) is 8. The second-order valence-corrected chi connectivity index (χ2v) is 11.2. The van der Waals surface area contributed by atoms with Crippen molar-refractivity contribution in [2.75, 3.05) is 64.8 Å². The molecule has 2 aromatic rings. The summed E-state index contributed by atoms with van der Waals surface area (Å²) in [4.78, 5) is 27.1. The van der Waals surface area contributed by atoms with Crippen LogP contribution in [0.1, 0.15) is 22.5 Å². The molecule has 1 amide bonds. The maximum Gasteiger partial charge on any atom is 0.253 e. The van der Waals surface area contributed by atoms with Gasteiger partial charge in [-0.15, -0.1) is 0 Å². The van der Waals surface area contributed by atoms with E-state index in [-0.39, 0.29) is 17.3 Å². The summed E-state index contributed by atoms with van der Waals surface area (Å²) in [5.74, 6) is 0.489. The van der Waals surface area contributed by atoms with Gasteiger partial charge >= 0.3 is 0 Å². The van der Waals surface area contributed by atoms with Gasteiger partial charge in [0.2, 0.25) is 10.0 Å². The molecule has 2 aliphatic heterocycles. The van der Waals surface area contributed by atoms with E-state index in [9.17, 15) is 18.3 Å². The van der Waals surface area contributed by atoms with E-state index in [2.05, 4.69) is 14.9 Å². The molecule has 2 fully saturated rings. The number of benzene rings is 1. The summed E-state index contributed by atoms with van der Waals surface area (Å²) in [6.07, 6.45) is 2.02. The number of carbonyl (C=O) groups is 1.